The van der Waals surface area contributed by atoms with E-state index in [1.165, 1.54) is 21.9 Å². The molecular weight excluding hydrogens is 419 g/mol. The van der Waals surface area contributed by atoms with Crippen molar-refractivity contribution in [2.45, 2.75) is 45.6 Å². The minimum absolute atomic E-state index is 0.0686. The van der Waals surface area contributed by atoms with Gasteiger partial charge < -0.3 is 24.5 Å². The number of nitrogens with zero attached hydrogens (tertiary/aromatic N) is 4. The third kappa shape index (κ3) is 3.70. The summed E-state index contributed by atoms with van der Waals surface area (Å²) in [6.45, 7) is 6.94. The van der Waals surface area contributed by atoms with Crippen LogP contribution in [0.1, 0.15) is 30.9 Å². The van der Waals surface area contributed by atoms with E-state index in [0.717, 1.165) is 5.69 Å². The lowest BCUT2D eigenvalue weighted by Crippen LogP contribution is -2.73. The Kier molecular flexibility index (Phi) is 5.41. The van der Waals surface area contributed by atoms with Crippen LogP contribution in [0.3, 0.4) is 0 Å². The maximum atomic E-state index is 13.4. The van der Waals surface area contributed by atoms with Gasteiger partial charge in [-0.1, -0.05) is 17.3 Å². The Morgan fingerprint density at radius 2 is 1.94 bits per heavy atom. The van der Waals surface area contributed by atoms with Crippen molar-refractivity contribution in [3.63, 3.8) is 0 Å². The second-order valence-electron chi connectivity index (χ2n) is 8.64. The number of carboxylic acids is 1. The van der Waals surface area contributed by atoms with Gasteiger partial charge in [0.2, 0.25) is 5.76 Å². The van der Waals surface area contributed by atoms with Crippen molar-refractivity contribution in [1.82, 2.24) is 19.9 Å². The molecule has 32 heavy (non-hydrogen) atoms. The number of aliphatic hydroxyl groups excluding tert-OH is 1. The van der Waals surface area contributed by atoms with Gasteiger partial charge in [0.05, 0.1) is 17.8 Å². The van der Waals surface area contributed by atoms with Crippen molar-refractivity contribution >= 4 is 11.9 Å². The number of fused-ring (bicyclic) bond motifs is 1. The predicted octanol–water partition coefficient (Wildman–Crippen LogP) is 2.24. The summed E-state index contributed by atoms with van der Waals surface area (Å²) in [7, 11) is 0. The van der Waals surface area contributed by atoms with Crippen molar-refractivity contribution in [1.29, 1.82) is 0 Å². The van der Waals surface area contributed by atoms with Crippen LogP contribution < -0.4 is 0 Å². The third-order valence-electron chi connectivity index (χ3n) is 6.12. The van der Waals surface area contributed by atoms with Gasteiger partial charge in [0.1, 0.15) is 12.0 Å². The van der Waals surface area contributed by atoms with Gasteiger partial charge in [0.15, 0.2) is 11.5 Å². The summed E-state index contributed by atoms with van der Waals surface area (Å²) in [5, 5.41) is 24.3. The Bertz CT molecular complexity index is 1080. The monoisotopic (exact) mass is 444 g/mol. The van der Waals surface area contributed by atoms with E-state index in [2.05, 4.69) is 10.1 Å². The Morgan fingerprint density at radius 3 is 2.53 bits per heavy atom. The topological polar surface area (TPSA) is 110 Å². The normalized spacial score (nSPS) is 21.1. The molecule has 3 heterocycles. The largest absolute Gasteiger partial charge is 0.501 e. The average Bonchev–Trinajstić information content (AvgIpc) is 3.13. The van der Waals surface area contributed by atoms with Gasteiger partial charge in [0.25, 0.3) is 5.91 Å². The number of halogens is 1. The molecule has 0 saturated carbocycles. The molecule has 1 fully saturated rings. The van der Waals surface area contributed by atoms with E-state index in [1.54, 1.807) is 12.1 Å². The van der Waals surface area contributed by atoms with Crippen LogP contribution in [-0.4, -0.2) is 66.7 Å². The number of aliphatic hydroxyl groups is 1. The Morgan fingerprint density at radius 1 is 1.25 bits per heavy atom. The van der Waals surface area contributed by atoms with Gasteiger partial charge in [-0.15, -0.1) is 0 Å². The number of benzene rings is 1. The number of piperazine rings is 1. The average molecular weight is 444 g/mol. The number of carbonyl (C=O) groups excluding carboxylic acids is 1. The van der Waals surface area contributed by atoms with Crippen LogP contribution in [0.4, 0.5) is 4.39 Å². The van der Waals surface area contributed by atoms with Crippen LogP contribution in [0.5, 0.6) is 0 Å². The van der Waals surface area contributed by atoms with Gasteiger partial charge in [-0.2, -0.15) is 0 Å². The summed E-state index contributed by atoms with van der Waals surface area (Å²) in [5.41, 5.74) is 0.205. The molecule has 0 radical (unpaired) electrons. The van der Waals surface area contributed by atoms with Crippen LogP contribution >= 0.6 is 0 Å². The number of hydrogen-bond donors (Lipinski definition) is 2. The molecule has 10 heteroatoms. The minimum Gasteiger partial charge on any atom is -0.501 e. The Balaban J connectivity index is 1.75. The van der Waals surface area contributed by atoms with Crippen LogP contribution in [0, 0.1) is 12.7 Å². The molecule has 4 rings (SSSR count). The molecule has 2 aliphatic rings. The maximum absolute atomic E-state index is 13.4. The molecule has 1 aromatic carbocycles. The molecule has 1 amide bonds. The van der Waals surface area contributed by atoms with Crippen molar-refractivity contribution in [3.8, 4) is 0 Å². The van der Waals surface area contributed by atoms with E-state index >= 15 is 0 Å². The fourth-order valence-electron chi connectivity index (χ4n) is 4.58. The highest BCUT2D eigenvalue weighted by molar-refractivity contribution is 6.01. The van der Waals surface area contributed by atoms with Gasteiger partial charge in [-0.25, -0.2) is 9.18 Å². The van der Waals surface area contributed by atoms with Crippen molar-refractivity contribution in [2.24, 2.45) is 0 Å². The summed E-state index contributed by atoms with van der Waals surface area (Å²) in [4.78, 5) is 30.1. The van der Waals surface area contributed by atoms with E-state index in [-0.39, 0.29) is 13.1 Å². The number of hydrogen-bond acceptors (Lipinski definition) is 7. The van der Waals surface area contributed by atoms with E-state index < -0.39 is 40.9 Å². The molecule has 170 valence electrons. The van der Waals surface area contributed by atoms with Gasteiger partial charge in [-0.05, 0) is 38.5 Å². The lowest BCUT2D eigenvalue weighted by atomic mass is 9.89. The molecule has 0 spiro atoms. The molecule has 0 aliphatic carbocycles. The number of rotatable bonds is 5. The molecule has 9 nitrogen and oxygen atoms in total. The molecule has 1 aromatic heterocycles. The maximum Gasteiger partial charge on any atom is 0.356 e. The van der Waals surface area contributed by atoms with Gasteiger partial charge in [-0.3, -0.25) is 9.69 Å². The lowest BCUT2D eigenvalue weighted by molar-refractivity contribution is -0.164. The molecule has 2 aromatic rings. The summed E-state index contributed by atoms with van der Waals surface area (Å²) < 4.78 is 18.8. The van der Waals surface area contributed by atoms with E-state index in [0.29, 0.717) is 24.4 Å². The first-order valence-electron chi connectivity index (χ1n) is 10.3. The Hall–Kier alpha value is -3.40. The Labute approximate surface area is 184 Å². The fraction of sp³-hybridized carbons (Fsp3) is 0.409. The molecule has 1 atom stereocenters. The van der Waals surface area contributed by atoms with E-state index in [9.17, 15) is 24.2 Å². The molecule has 0 bridgehead atoms. The van der Waals surface area contributed by atoms with Crippen molar-refractivity contribution < 1.29 is 28.7 Å². The highest BCUT2D eigenvalue weighted by atomic mass is 19.1. The first kappa shape index (κ1) is 21.8. The fourth-order valence-corrected chi connectivity index (χ4v) is 4.58. The van der Waals surface area contributed by atoms with Crippen LogP contribution in [0.2, 0.25) is 0 Å². The van der Waals surface area contributed by atoms with Crippen LogP contribution in [0.15, 0.2) is 46.3 Å². The molecule has 2 N–H and O–H groups in total. The highest BCUT2D eigenvalue weighted by Crippen LogP contribution is 2.38. The van der Waals surface area contributed by atoms with E-state index in [4.69, 9.17) is 4.52 Å². The number of amides is 1. The first-order valence-corrected chi connectivity index (χ1v) is 10.3. The zero-order chi connectivity index (χ0) is 23.2. The number of carboxylic acid groups (broad SMARTS) is 1. The van der Waals surface area contributed by atoms with Gasteiger partial charge in [0, 0.05) is 25.7 Å². The molecular formula is C22H25FN4O5. The summed E-state index contributed by atoms with van der Waals surface area (Å²) >= 11 is 0. The molecule has 1 unspecified atom stereocenters. The first-order chi connectivity index (χ1) is 15.1. The number of carbonyl (C=O) groups is 2. The summed E-state index contributed by atoms with van der Waals surface area (Å²) in [5.74, 6) is -2.67. The second kappa shape index (κ2) is 7.94. The third-order valence-corrected chi connectivity index (χ3v) is 6.12. The second-order valence-corrected chi connectivity index (χ2v) is 8.64. The SMILES string of the molecule is Cc1cc(CN2CCN3C(=O)C(O)=C(C(=O)O)N(Cc4ccc(F)cc4)C3C2(C)C)on1. The zero-order valence-corrected chi connectivity index (χ0v) is 18.1. The number of aromatic nitrogens is 1. The number of aliphatic carboxylic acids is 1. The molecule has 1 saturated heterocycles. The van der Waals surface area contributed by atoms with Gasteiger partial charge >= 0.3 is 5.97 Å². The summed E-state index contributed by atoms with van der Waals surface area (Å²) in [6, 6.07) is 7.52. The van der Waals surface area contributed by atoms with Crippen LogP contribution in [0.25, 0.3) is 0 Å². The number of aryl methyl sites for hydroxylation is 1. The quantitative estimate of drug-likeness (QED) is 0.723. The highest BCUT2D eigenvalue weighted by Gasteiger charge is 2.53. The molecule has 2 aliphatic heterocycles. The summed E-state index contributed by atoms with van der Waals surface area (Å²) in [6.07, 6.45) is -0.695. The van der Waals surface area contributed by atoms with Crippen molar-refractivity contribution in [3.05, 3.63) is 64.6 Å². The van der Waals surface area contributed by atoms with Crippen molar-refractivity contribution in [2.75, 3.05) is 13.1 Å². The predicted molar refractivity (Wildman–Crippen MR) is 110 cm³/mol. The zero-order valence-electron chi connectivity index (χ0n) is 18.1. The minimum atomic E-state index is -1.41. The standard InChI is InChI=1S/C22H25FN4O5/c1-13-10-16(32-24-13)12-25-8-9-26-19(29)18(28)17(20(30)31)27(21(26)22(25,2)3)11-14-4-6-15(23)7-5-14/h4-7,10,21,28H,8-9,11-12H2,1-3H3,(H,30,31). The van der Waals surface area contributed by atoms with E-state index in [1.807, 2.05) is 26.8 Å². The lowest BCUT2D eigenvalue weighted by Gasteiger charge is -2.58. The smallest absolute Gasteiger partial charge is 0.356 e. The van der Waals surface area contributed by atoms with Crippen LogP contribution in [-0.2, 0) is 22.7 Å².